The number of benzene rings is 2. The molecule has 0 fully saturated rings. The Hall–Kier alpha value is -2.82. The molecular weight excluding hydrogens is 354 g/mol. The molecule has 2 aromatic rings. The molecule has 1 N–H and O–H groups in total. The molecule has 136 valence electrons. The van der Waals surface area contributed by atoms with Crippen molar-refractivity contribution >= 4 is 16.0 Å². The number of aryl methyl sites for hydroxylation is 1. The molecule has 2 rings (SSSR count). The smallest absolute Gasteiger partial charge is 0.338 e. The number of hydrogen-bond acceptors (Lipinski definition) is 5. The van der Waals surface area contributed by atoms with Gasteiger partial charge in [-0.3, -0.25) is 0 Å². The highest BCUT2D eigenvalue weighted by molar-refractivity contribution is 7.89. The van der Waals surface area contributed by atoms with Gasteiger partial charge < -0.3 is 9.47 Å². The maximum Gasteiger partial charge on any atom is 0.338 e. The number of terminal acetylenes is 1. The van der Waals surface area contributed by atoms with Gasteiger partial charge in [0.1, 0.15) is 19.0 Å². The summed E-state index contributed by atoms with van der Waals surface area (Å²) in [6, 6.07) is 12.9. The summed E-state index contributed by atoms with van der Waals surface area (Å²) in [7, 11) is -3.68. The van der Waals surface area contributed by atoms with Gasteiger partial charge in [-0.15, -0.1) is 6.42 Å². The van der Waals surface area contributed by atoms with Gasteiger partial charge in [0.2, 0.25) is 10.0 Å². The van der Waals surface area contributed by atoms with Crippen molar-refractivity contribution in [1.82, 2.24) is 4.72 Å². The zero-order valence-electron chi connectivity index (χ0n) is 14.3. The van der Waals surface area contributed by atoms with E-state index in [0.717, 1.165) is 5.56 Å². The first-order valence-electron chi connectivity index (χ1n) is 7.82. The van der Waals surface area contributed by atoms with Crippen molar-refractivity contribution in [3.8, 4) is 18.1 Å². The first-order valence-corrected chi connectivity index (χ1v) is 9.30. The molecule has 26 heavy (non-hydrogen) atoms. The standard InChI is InChI=1S/C19H19NO5S/c1-3-12-20-26(22,23)18-10-6-16(7-11-18)19(21)25-14-13-24-17-8-4-15(2)5-9-17/h1,4-11,20H,12-14H2,2H3. The van der Waals surface area contributed by atoms with Crippen LogP contribution in [0.2, 0.25) is 0 Å². The van der Waals surface area contributed by atoms with Crippen molar-refractivity contribution < 1.29 is 22.7 Å². The SMILES string of the molecule is C#CCNS(=O)(=O)c1ccc(C(=O)OCCOc2ccc(C)cc2)cc1. The highest BCUT2D eigenvalue weighted by Crippen LogP contribution is 2.12. The van der Waals surface area contributed by atoms with Crippen molar-refractivity contribution in [2.75, 3.05) is 19.8 Å². The molecule has 6 nitrogen and oxygen atoms in total. The third-order valence-electron chi connectivity index (χ3n) is 3.37. The molecule has 0 aliphatic carbocycles. The van der Waals surface area contributed by atoms with E-state index in [2.05, 4.69) is 10.6 Å². The van der Waals surface area contributed by atoms with E-state index in [1.165, 1.54) is 24.3 Å². The van der Waals surface area contributed by atoms with Crippen LogP contribution >= 0.6 is 0 Å². The van der Waals surface area contributed by atoms with Gasteiger partial charge in [-0.05, 0) is 43.3 Å². The van der Waals surface area contributed by atoms with E-state index in [1.807, 2.05) is 31.2 Å². The number of rotatable bonds is 8. The summed E-state index contributed by atoms with van der Waals surface area (Å²) in [5, 5.41) is 0. The van der Waals surface area contributed by atoms with Gasteiger partial charge in [0, 0.05) is 0 Å². The number of carbonyl (C=O) groups excluding carboxylic acids is 1. The van der Waals surface area contributed by atoms with Crippen LogP contribution in [0.5, 0.6) is 5.75 Å². The van der Waals surface area contributed by atoms with Crippen LogP contribution in [-0.4, -0.2) is 34.1 Å². The maximum absolute atomic E-state index is 12.0. The summed E-state index contributed by atoms with van der Waals surface area (Å²) in [5.74, 6) is 2.33. The van der Waals surface area contributed by atoms with Crippen molar-refractivity contribution in [1.29, 1.82) is 0 Å². The van der Waals surface area contributed by atoms with Crippen LogP contribution in [0.15, 0.2) is 53.4 Å². The largest absolute Gasteiger partial charge is 0.490 e. The lowest BCUT2D eigenvalue weighted by molar-refractivity contribution is 0.0450. The molecule has 0 aliphatic rings. The number of hydrogen-bond donors (Lipinski definition) is 1. The Morgan fingerprint density at radius 2 is 1.73 bits per heavy atom. The summed E-state index contributed by atoms with van der Waals surface area (Å²) in [5.41, 5.74) is 1.37. The average Bonchev–Trinajstić information content (AvgIpc) is 2.65. The van der Waals surface area contributed by atoms with E-state index in [9.17, 15) is 13.2 Å². The molecule has 0 aromatic heterocycles. The first kappa shape index (κ1) is 19.5. The van der Waals surface area contributed by atoms with Gasteiger partial charge in [-0.1, -0.05) is 23.6 Å². The highest BCUT2D eigenvalue weighted by atomic mass is 32.2. The maximum atomic E-state index is 12.0. The molecule has 0 aliphatic heterocycles. The lowest BCUT2D eigenvalue weighted by atomic mass is 10.2. The average molecular weight is 373 g/mol. The van der Waals surface area contributed by atoms with E-state index in [4.69, 9.17) is 15.9 Å². The van der Waals surface area contributed by atoms with Gasteiger partial charge in [-0.25, -0.2) is 13.2 Å². The summed E-state index contributed by atoms with van der Waals surface area (Å²) >= 11 is 0. The van der Waals surface area contributed by atoms with Crippen LogP contribution in [0.25, 0.3) is 0 Å². The van der Waals surface area contributed by atoms with E-state index in [1.54, 1.807) is 0 Å². The van der Waals surface area contributed by atoms with Crippen molar-refractivity contribution in [2.45, 2.75) is 11.8 Å². The molecule has 0 heterocycles. The Bertz CT molecular complexity index is 881. The van der Waals surface area contributed by atoms with Gasteiger partial charge in [0.25, 0.3) is 0 Å². The fourth-order valence-corrected chi connectivity index (χ4v) is 2.94. The van der Waals surface area contributed by atoms with E-state index >= 15 is 0 Å². The Balaban J connectivity index is 1.84. The summed E-state index contributed by atoms with van der Waals surface area (Å²) < 4.78 is 36.6. The normalized spacial score (nSPS) is 10.8. The third kappa shape index (κ3) is 5.62. The first-order chi connectivity index (χ1) is 12.4. The van der Waals surface area contributed by atoms with Gasteiger partial charge in [-0.2, -0.15) is 4.72 Å². The summed E-state index contributed by atoms with van der Waals surface area (Å²) in [6.45, 7) is 2.17. The minimum Gasteiger partial charge on any atom is -0.490 e. The fraction of sp³-hybridized carbons (Fsp3) is 0.211. The van der Waals surface area contributed by atoms with Crippen LogP contribution in [0.4, 0.5) is 0 Å². The zero-order chi connectivity index (χ0) is 19.0. The van der Waals surface area contributed by atoms with Crippen LogP contribution in [-0.2, 0) is 14.8 Å². The second-order valence-electron chi connectivity index (χ2n) is 5.35. The predicted molar refractivity (Wildman–Crippen MR) is 97.4 cm³/mol. The molecule has 0 saturated carbocycles. The van der Waals surface area contributed by atoms with Crippen molar-refractivity contribution in [3.05, 3.63) is 59.7 Å². The molecule has 0 unspecified atom stereocenters. The van der Waals surface area contributed by atoms with Crippen LogP contribution in [0, 0.1) is 19.3 Å². The highest BCUT2D eigenvalue weighted by Gasteiger charge is 2.14. The van der Waals surface area contributed by atoms with Gasteiger partial charge >= 0.3 is 5.97 Å². The molecule has 0 bridgehead atoms. The van der Waals surface area contributed by atoms with Crippen molar-refractivity contribution in [2.24, 2.45) is 0 Å². The molecule has 0 radical (unpaired) electrons. The molecule has 0 spiro atoms. The summed E-state index contributed by atoms with van der Waals surface area (Å²) in [6.07, 6.45) is 5.03. The van der Waals surface area contributed by atoms with Gasteiger partial charge in [0.15, 0.2) is 0 Å². The van der Waals surface area contributed by atoms with Crippen molar-refractivity contribution in [3.63, 3.8) is 0 Å². The molecule has 0 saturated heterocycles. The lowest BCUT2D eigenvalue weighted by Gasteiger charge is -2.08. The lowest BCUT2D eigenvalue weighted by Crippen LogP contribution is -2.24. The Morgan fingerprint density at radius 3 is 2.35 bits per heavy atom. The molecule has 7 heteroatoms. The summed E-state index contributed by atoms with van der Waals surface area (Å²) in [4.78, 5) is 12.0. The minimum absolute atomic E-state index is 0.0204. The Kier molecular flexibility index (Phi) is 6.78. The topological polar surface area (TPSA) is 81.7 Å². The number of ether oxygens (including phenoxy) is 2. The Labute approximate surface area is 153 Å². The number of sulfonamides is 1. The zero-order valence-corrected chi connectivity index (χ0v) is 15.1. The monoisotopic (exact) mass is 373 g/mol. The van der Waals surface area contributed by atoms with Gasteiger partial charge in [0.05, 0.1) is 17.0 Å². The van der Waals surface area contributed by atoms with E-state index in [0.29, 0.717) is 5.75 Å². The third-order valence-corrected chi connectivity index (χ3v) is 4.79. The van der Waals surface area contributed by atoms with E-state index < -0.39 is 16.0 Å². The minimum atomic E-state index is -3.68. The second-order valence-corrected chi connectivity index (χ2v) is 7.12. The molecule has 2 aromatic carbocycles. The molecule has 0 amide bonds. The number of carbonyl (C=O) groups is 1. The number of nitrogens with one attached hydrogen (secondary N) is 1. The van der Waals surface area contributed by atoms with Crippen LogP contribution in [0.3, 0.4) is 0 Å². The quantitative estimate of drug-likeness (QED) is 0.436. The van der Waals surface area contributed by atoms with Crippen LogP contribution < -0.4 is 9.46 Å². The molecular formula is C19H19NO5S. The second kappa shape index (κ2) is 9.04. The predicted octanol–water partition coefficient (Wildman–Crippen LogP) is 2.14. The van der Waals surface area contributed by atoms with Crippen LogP contribution in [0.1, 0.15) is 15.9 Å². The molecule has 0 atom stereocenters. The number of esters is 1. The Morgan fingerprint density at radius 1 is 1.08 bits per heavy atom. The fourth-order valence-electron chi connectivity index (χ4n) is 2.00. The van der Waals surface area contributed by atoms with E-state index in [-0.39, 0.29) is 30.2 Å².